The summed E-state index contributed by atoms with van der Waals surface area (Å²) >= 11 is 5.81. The highest BCUT2D eigenvalue weighted by molar-refractivity contribution is 6.30. The standard InChI is InChI=1S/C15H14ClFN4O/c16-12-6-4-10(5-7-12)9-22-14-11(2-1-3-13(14)17)8-20-21-15(18)19/h1-8H,9H2,(H4,18,19,21)/b20-8+. The zero-order valence-corrected chi connectivity index (χ0v) is 12.3. The highest BCUT2D eigenvalue weighted by atomic mass is 35.5. The molecule has 2 aromatic carbocycles. The Morgan fingerprint density at radius 1 is 1.18 bits per heavy atom. The van der Waals surface area contributed by atoms with Gasteiger partial charge in [-0.1, -0.05) is 29.8 Å². The second-order valence-corrected chi connectivity index (χ2v) is 4.78. The van der Waals surface area contributed by atoms with Crippen LogP contribution in [0.2, 0.25) is 5.02 Å². The normalized spacial score (nSPS) is 10.6. The van der Waals surface area contributed by atoms with Crippen LogP contribution in [0.1, 0.15) is 11.1 Å². The summed E-state index contributed by atoms with van der Waals surface area (Å²) in [5.74, 6) is -0.606. The molecule has 0 heterocycles. The number of benzene rings is 2. The first kappa shape index (κ1) is 15.8. The Morgan fingerprint density at radius 3 is 2.59 bits per heavy atom. The van der Waals surface area contributed by atoms with Crippen LogP contribution in [0, 0.1) is 5.82 Å². The molecule has 22 heavy (non-hydrogen) atoms. The summed E-state index contributed by atoms with van der Waals surface area (Å²) in [4.78, 5) is 0. The van der Waals surface area contributed by atoms with Gasteiger partial charge in [0.1, 0.15) is 6.61 Å². The molecule has 2 aromatic rings. The number of ether oxygens (including phenoxy) is 1. The lowest BCUT2D eigenvalue weighted by Gasteiger charge is -2.10. The van der Waals surface area contributed by atoms with Crippen molar-refractivity contribution in [2.24, 2.45) is 21.7 Å². The maximum Gasteiger partial charge on any atom is 0.211 e. The minimum atomic E-state index is -0.498. The fraction of sp³-hybridized carbons (Fsp3) is 0.0667. The fourth-order valence-electron chi connectivity index (χ4n) is 1.67. The first-order valence-electron chi connectivity index (χ1n) is 6.34. The minimum Gasteiger partial charge on any atom is -0.485 e. The predicted octanol–water partition coefficient (Wildman–Crippen LogP) is 2.67. The first-order chi connectivity index (χ1) is 10.6. The van der Waals surface area contributed by atoms with E-state index in [1.165, 1.54) is 12.3 Å². The molecule has 114 valence electrons. The Hall–Kier alpha value is -2.60. The molecule has 5 nitrogen and oxygen atoms in total. The van der Waals surface area contributed by atoms with Gasteiger partial charge in [-0.05, 0) is 29.8 Å². The Morgan fingerprint density at radius 2 is 1.91 bits per heavy atom. The molecule has 0 spiro atoms. The zero-order valence-electron chi connectivity index (χ0n) is 11.5. The minimum absolute atomic E-state index is 0.0759. The molecule has 0 aliphatic carbocycles. The number of para-hydroxylation sites is 1. The monoisotopic (exact) mass is 320 g/mol. The quantitative estimate of drug-likeness (QED) is 0.504. The van der Waals surface area contributed by atoms with E-state index in [9.17, 15) is 4.39 Å². The second kappa shape index (κ2) is 7.42. The molecule has 4 N–H and O–H groups in total. The molecular formula is C15H14ClFN4O. The lowest BCUT2D eigenvalue weighted by molar-refractivity contribution is 0.290. The molecule has 7 heteroatoms. The third kappa shape index (κ3) is 4.46. The molecule has 0 atom stereocenters. The zero-order chi connectivity index (χ0) is 15.9. The van der Waals surface area contributed by atoms with Crippen molar-refractivity contribution in [1.82, 2.24) is 0 Å². The number of guanidine groups is 1. The molecule has 0 unspecified atom stereocenters. The van der Waals surface area contributed by atoms with Crippen molar-refractivity contribution in [1.29, 1.82) is 0 Å². The number of rotatable bonds is 5. The van der Waals surface area contributed by atoms with Gasteiger partial charge in [0.2, 0.25) is 5.96 Å². The summed E-state index contributed by atoms with van der Waals surface area (Å²) in [5.41, 5.74) is 11.6. The van der Waals surface area contributed by atoms with Gasteiger partial charge in [-0.25, -0.2) is 4.39 Å². The molecule has 0 amide bonds. The van der Waals surface area contributed by atoms with Crippen LogP contribution in [0.5, 0.6) is 5.75 Å². The van der Waals surface area contributed by atoms with E-state index in [0.29, 0.717) is 10.6 Å². The predicted molar refractivity (Wildman–Crippen MR) is 85.6 cm³/mol. The summed E-state index contributed by atoms with van der Waals surface area (Å²) < 4.78 is 19.4. The SMILES string of the molecule is NC(N)=N/N=C/c1cccc(F)c1OCc1ccc(Cl)cc1. The molecule has 0 aliphatic heterocycles. The van der Waals surface area contributed by atoms with Crippen molar-refractivity contribution in [3.8, 4) is 5.75 Å². The van der Waals surface area contributed by atoms with Crippen LogP contribution >= 0.6 is 11.6 Å². The van der Waals surface area contributed by atoms with Crippen LogP contribution in [0.25, 0.3) is 0 Å². The van der Waals surface area contributed by atoms with Gasteiger partial charge in [0.15, 0.2) is 11.6 Å². The molecule has 0 aromatic heterocycles. The van der Waals surface area contributed by atoms with Crippen LogP contribution in [0.3, 0.4) is 0 Å². The summed E-state index contributed by atoms with van der Waals surface area (Å²) in [7, 11) is 0. The maximum absolute atomic E-state index is 13.9. The number of nitrogens with zero attached hydrogens (tertiary/aromatic N) is 2. The first-order valence-corrected chi connectivity index (χ1v) is 6.72. The third-order valence-electron chi connectivity index (χ3n) is 2.66. The number of nitrogens with two attached hydrogens (primary N) is 2. The van der Waals surface area contributed by atoms with Crippen LogP contribution < -0.4 is 16.2 Å². The van der Waals surface area contributed by atoms with Gasteiger partial charge in [0.05, 0.1) is 6.21 Å². The van der Waals surface area contributed by atoms with Crippen molar-refractivity contribution in [3.05, 3.63) is 64.4 Å². The molecule has 0 aliphatic rings. The molecule has 0 fully saturated rings. The van der Waals surface area contributed by atoms with Crippen LogP contribution in [-0.4, -0.2) is 12.2 Å². The van der Waals surface area contributed by atoms with Gasteiger partial charge in [-0.15, -0.1) is 5.10 Å². The molecular weight excluding hydrogens is 307 g/mol. The Labute approximate surface area is 132 Å². The highest BCUT2D eigenvalue weighted by Gasteiger charge is 2.08. The van der Waals surface area contributed by atoms with E-state index < -0.39 is 5.82 Å². The van der Waals surface area contributed by atoms with Crippen molar-refractivity contribution in [2.75, 3.05) is 0 Å². The van der Waals surface area contributed by atoms with E-state index in [1.807, 2.05) is 0 Å². The fourth-order valence-corrected chi connectivity index (χ4v) is 1.80. The van der Waals surface area contributed by atoms with Gasteiger partial charge in [0.25, 0.3) is 0 Å². The summed E-state index contributed by atoms with van der Waals surface area (Å²) in [6.45, 7) is 0.196. The van der Waals surface area contributed by atoms with Crippen molar-refractivity contribution in [3.63, 3.8) is 0 Å². The maximum atomic E-state index is 13.9. The van der Waals surface area contributed by atoms with Crippen LogP contribution in [0.4, 0.5) is 4.39 Å². The number of halogens is 2. The summed E-state index contributed by atoms with van der Waals surface area (Å²) in [5, 5.41) is 7.75. The van der Waals surface area contributed by atoms with E-state index >= 15 is 0 Å². The molecule has 0 saturated carbocycles. The molecule has 2 rings (SSSR count). The van der Waals surface area contributed by atoms with Gasteiger partial charge in [0, 0.05) is 10.6 Å². The van der Waals surface area contributed by atoms with Crippen LogP contribution in [-0.2, 0) is 6.61 Å². The van der Waals surface area contributed by atoms with E-state index in [2.05, 4.69) is 10.2 Å². The number of hydrogen-bond donors (Lipinski definition) is 2. The smallest absolute Gasteiger partial charge is 0.211 e. The van der Waals surface area contributed by atoms with Crippen LogP contribution in [0.15, 0.2) is 52.7 Å². The lowest BCUT2D eigenvalue weighted by atomic mass is 10.2. The van der Waals surface area contributed by atoms with Crippen molar-refractivity contribution < 1.29 is 9.13 Å². The van der Waals surface area contributed by atoms with E-state index in [1.54, 1.807) is 36.4 Å². The van der Waals surface area contributed by atoms with E-state index in [-0.39, 0.29) is 18.3 Å². The highest BCUT2D eigenvalue weighted by Crippen LogP contribution is 2.22. The van der Waals surface area contributed by atoms with E-state index in [0.717, 1.165) is 5.56 Å². The van der Waals surface area contributed by atoms with Gasteiger partial charge in [-0.2, -0.15) is 5.10 Å². The Kier molecular flexibility index (Phi) is 5.32. The average Bonchev–Trinajstić information content (AvgIpc) is 2.48. The van der Waals surface area contributed by atoms with E-state index in [4.69, 9.17) is 27.8 Å². The lowest BCUT2D eigenvalue weighted by Crippen LogP contribution is -2.21. The Balaban J connectivity index is 2.17. The molecule has 0 radical (unpaired) electrons. The summed E-state index contributed by atoms with van der Waals surface area (Å²) in [6, 6.07) is 11.6. The molecule has 0 bridgehead atoms. The largest absolute Gasteiger partial charge is 0.485 e. The second-order valence-electron chi connectivity index (χ2n) is 4.34. The third-order valence-corrected chi connectivity index (χ3v) is 2.92. The Bertz CT molecular complexity index is 697. The topological polar surface area (TPSA) is 86.0 Å². The number of hydrogen-bond acceptors (Lipinski definition) is 3. The average molecular weight is 321 g/mol. The van der Waals surface area contributed by atoms with Gasteiger partial charge in [-0.3, -0.25) is 0 Å². The molecule has 0 saturated heterocycles. The van der Waals surface area contributed by atoms with Crippen molar-refractivity contribution in [2.45, 2.75) is 6.61 Å². The van der Waals surface area contributed by atoms with Gasteiger partial charge >= 0.3 is 0 Å². The summed E-state index contributed by atoms with van der Waals surface area (Å²) in [6.07, 6.45) is 1.32. The van der Waals surface area contributed by atoms with Crippen molar-refractivity contribution >= 4 is 23.8 Å². The van der Waals surface area contributed by atoms with Gasteiger partial charge < -0.3 is 16.2 Å².